The lowest BCUT2D eigenvalue weighted by atomic mass is 9.95. The highest BCUT2D eigenvalue weighted by Crippen LogP contribution is 2.31. The van der Waals surface area contributed by atoms with Gasteiger partial charge in [-0.15, -0.1) is 0 Å². The third-order valence-electron chi connectivity index (χ3n) is 2.85. The summed E-state index contributed by atoms with van der Waals surface area (Å²) in [6, 6.07) is 4.84. The lowest BCUT2D eigenvalue weighted by molar-refractivity contribution is 0.284. The smallest absolute Gasteiger partial charge is 0.165 e. The van der Waals surface area contributed by atoms with Crippen LogP contribution in [0, 0.1) is 11.7 Å². The summed E-state index contributed by atoms with van der Waals surface area (Å²) in [4.78, 5) is 0. The number of hydrogen-bond acceptors (Lipinski definition) is 2. The molecule has 1 aromatic rings. The van der Waals surface area contributed by atoms with Crippen molar-refractivity contribution >= 4 is 0 Å². The fourth-order valence-corrected chi connectivity index (χ4v) is 1.51. The second-order valence-electron chi connectivity index (χ2n) is 5.12. The van der Waals surface area contributed by atoms with Crippen molar-refractivity contribution in [1.29, 1.82) is 0 Å². The van der Waals surface area contributed by atoms with Crippen molar-refractivity contribution in [2.45, 2.75) is 32.2 Å². The minimum Gasteiger partial charge on any atom is -0.490 e. The van der Waals surface area contributed by atoms with Crippen LogP contribution < -0.4 is 10.5 Å². The number of rotatable bonds is 4. The van der Waals surface area contributed by atoms with Crippen LogP contribution in [-0.2, 0) is 5.54 Å². The van der Waals surface area contributed by atoms with Crippen LogP contribution in [0.15, 0.2) is 18.2 Å². The predicted molar refractivity (Wildman–Crippen MR) is 61.8 cm³/mol. The molecule has 3 heteroatoms. The Hall–Kier alpha value is -1.09. The van der Waals surface area contributed by atoms with Crippen LogP contribution in [0.5, 0.6) is 5.75 Å². The Kier molecular flexibility index (Phi) is 2.89. The summed E-state index contributed by atoms with van der Waals surface area (Å²) in [6.45, 7) is 4.40. The fourth-order valence-electron chi connectivity index (χ4n) is 1.51. The Labute approximate surface area is 95.6 Å². The minimum absolute atomic E-state index is 0.311. The molecule has 0 heterocycles. The van der Waals surface area contributed by atoms with Gasteiger partial charge in [0.2, 0.25) is 0 Å². The van der Waals surface area contributed by atoms with E-state index in [9.17, 15) is 4.39 Å². The van der Waals surface area contributed by atoms with E-state index >= 15 is 0 Å². The standard InChI is InChI=1S/C13H18FNO/c1-13(2,15)10-5-6-11(14)12(7-10)16-8-9-3-4-9/h5-7,9H,3-4,8,15H2,1-2H3. The van der Waals surface area contributed by atoms with Gasteiger partial charge in [-0.2, -0.15) is 0 Å². The molecule has 1 saturated carbocycles. The lowest BCUT2D eigenvalue weighted by Crippen LogP contribution is -2.28. The van der Waals surface area contributed by atoms with Crippen molar-refractivity contribution in [3.8, 4) is 5.75 Å². The zero-order chi connectivity index (χ0) is 11.8. The van der Waals surface area contributed by atoms with Gasteiger partial charge in [-0.3, -0.25) is 0 Å². The molecule has 0 spiro atoms. The molecule has 1 aliphatic carbocycles. The maximum absolute atomic E-state index is 13.5. The zero-order valence-electron chi connectivity index (χ0n) is 9.79. The summed E-state index contributed by atoms with van der Waals surface area (Å²) in [5, 5.41) is 0. The highest BCUT2D eigenvalue weighted by molar-refractivity contribution is 5.33. The van der Waals surface area contributed by atoms with Crippen molar-refractivity contribution < 1.29 is 9.13 Å². The van der Waals surface area contributed by atoms with Gasteiger partial charge in [-0.1, -0.05) is 6.07 Å². The van der Waals surface area contributed by atoms with E-state index in [-0.39, 0.29) is 5.82 Å². The van der Waals surface area contributed by atoms with Gasteiger partial charge in [0, 0.05) is 5.54 Å². The van der Waals surface area contributed by atoms with Gasteiger partial charge in [-0.05, 0) is 50.3 Å². The molecular formula is C13H18FNO. The van der Waals surface area contributed by atoms with Crippen molar-refractivity contribution in [1.82, 2.24) is 0 Å². The number of nitrogens with two attached hydrogens (primary N) is 1. The fraction of sp³-hybridized carbons (Fsp3) is 0.538. The van der Waals surface area contributed by atoms with Crippen LogP contribution in [0.1, 0.15) is 32.3 Å². The molecule has 0 aromatic heterocycles. The van der Waals surface area contributed by atoms with E-state index < -0.39 is 5.54 Å². The Bertz CT molecular complexity index is 380. The van der Waals surface area contributed by atoms with Gasteiger partial charge in [0.15, 0.2) is 11.6 Å². The molecule has 2 nitrogen and oxygen atoms in total. The van der Waals surface area contributed by atoms with Crippen molar-refractivity contribution in [3.05, 3.63) is 29.6 Å². The van der Waals surface area contributed by atoms with Gasteiger partial charge >= 0.3 is 0 Å². The molecule has 0 aliphatic heterocycles. The number of halogens is 1. The van der Waals surface area contributed by atoms with E-state index in [0.717, 1.165) is 5.56 Å². The topological polar surface area (TPSA) is 35.2 Å². The maximum atomic E-state index is 13.5. The van der Waals surface area contributed by atoms with Crippen molar-refractivity contribution in [3.63, 3.8) is 0 Å². The molecule has 1 aliphatic rings. The third kappa shape index (κ3) is 2.73. The quantitative estimate of drug-likeness (QED) is 0.851. The van der Waals surface area contributed by atoms with E-state index in [1.54, 1.807) is 12.1 Å². The first kappa shape index (κ1) is 11.4. The highest BCUT2D eigenvalue weighted by Gasteiger charge is 2.23. The van der Waals surface area contributed by atoms with Crippen LogP contribution in [0.25, 0.3) is 0 Å². The second-order valence-corrected chi connectivity index (χ2v) is 5.12. The van der Waals surface area contributed by atoms with Crippen molar-refractivity contribution in [2.24, 2.45) is 11.7 Å². The van der Waals surface area contributed by atoms with E-state index in [4.69, 9.17) is 10.5 Å². The minimum atomic E-state index is -0.467. The SMILES string of the molecule is CC(C)(N)c1ccc(F)c(OCC2CC2)c1. The lowest BCUT2D eigenvalue weighted by Gasteiger charge is -2.20. The summed E-state index contributed by atoms with van der Waals surface area (Å²) in [6.07, 6.45) is 2.40. The van der Waals surface area contributed by atoms with E-state index in [1.807, 2.05) is 13.8 Å². The third-order valence-corrected chi connectivity index (χ3v) is 2.85. The molecule has 0 radical (unpaired) electrons. The first-order valence-corrected chi connectivity index (χ1v) is 5.68. The Morgan fingerprint density at radius 1 is 1.44 bits per heavy atom. The molecule has 0 amide bonds. The van der Waals surface area contributed by atoms with E-state index in [0.29, 0.717) is 18.3 Å². The first-order valence-electron chi connectivity index (χ1n) is 5.68. The Balaban J connectivity index is 2.14. The average molecular weight is 223 g/mol. The molecule has 2 N–H and O–H groups in total. The summed E-state index contributed by atoms with van der Waals surface area (Å²) in [7, 11) is 0. The number of ether oxygens (including phenoxy) is 1. The van der Waals surface area contributed by atoms with Gasteiger partial charge in [0.1, 0.15) is 0 Å². The predicted octanol–water partition coefficient (Wildman–Crippen LogP) is 2.81. The molecule has 0 unspecified atom stereocenters. The Morgan fingerprint density at radius 2 is 2.12 bits per heavy atom. The Morgan fingerprint density at radius 3 is 2.69 bits per heavy atom. The first-order chi connectivity index (χ1) is 7.47. The number of hydrogen-bond donors (Lipinski definition) is 1. The molecule has 88 valence electrons. The normalized spacial score (nSPS) is 16.2. The summed E-state index contributed by atoms with van der Waals surface area (Å²) >= 11 is 0. The van der Waals surface area contributed by atoms with Crippen LogP contribution >= 0.6 is 0 Å². The number of benzene rings is 1. The molecule has 1 aromatic carbocycles. The van der Waals surface area contributed by atoms with Gasteiger partial charge in [0.05, 0.1) is 6.61 Å². The average Bonchev–Trinajstić information content (AvgIpc) is 2.98. The summed E-state index contributed by atoms with van der Waals surface area (Å²) < 4.78 is 18.9. The van der Waals surface area contributed by atoms with Gasteiger partial charge in [-0.25, -0.2) is 4.39 Å². The van der Waals surface area contributed by atoms with E-state index in [2.05, 4.69) is 0 Å². The highest BCUT2D eigenvalue weighted by atomic mass is 19.1. The molecule has 16 heavy (non-hydrogen) atoms. The van der Waals surface area contributed by atoms with Crippen LogP contribution in [-0.4, -0.2) is 6.61 Å². The molecule has 0 saturated heterocycles. The van der Waals surface area contributed by atoms with Crippen LogP contribution in [0.3, 0.4) is 0 Å². The van der Waals surface area contributed by atoms with Crippen molar-refractivity contribution in [2.75, 3.05) is 6.61 Å². The molecule has 0 bridgehead atoms. The van der Waals surface area contributed by atoms with Gasteiger partial charge < -0.3 is 10.5 Å². The van der Waals surface area contributed by atoms with E-state index in [1.165, 1.54) is 18.9 Å². The molecule has 1 fully saturated rings. The monoisotopic (exact) mass is 223 g/mol. The maximum Gasteiger partial charge on any atom is 0.165 e. The summed E-state index contributed by atoms with van der Waals surface area (Å²) in [5.74, 6) is 0.630. The second kappa shape index (κ2) is 4.06. The van der Waals surface area contributed by atoms with Gasteiger partial charge in [0.25, 0.3) is 0 Å². The largest absolute Gasteiger partial charge is 0.490 e. The molecule has 0 atom stereocenters. The summed E-state index contributed by atoms with van der Waals surface area (Å²) in [5.41, 5.74) is 6.39. The molecule has 2 rings (SSSR count). The van der Waals surface area contributed by atoms with Crippen LogP contribution in [0.4, 0.5) is 4.39 Å². The molecular weight excluding hydrogens is 205 g/mol. The van der Waals surface area contributed by atoms with Crippen LogP contribution in [0.2, 0.25) is 0 Å². The zero-order valence-corrected chi connectivity index (χ0v) is 9.79.